The second kappa shape index (κ2) is 9.74. The zero-order chi connectivity index (χ0) is 22.5. The molecule has 2 N–H and O–H groups in total. The topological polar surface area (TPSA) is 92.3 Å². The molecule has 166 valence electrons. The predicted octanol–water partition coefficient (Wildman–Crippen LogP) is 4.52. The molecule has 0 unspecified atom stereocenters. The molecule has 1 aliphatic rings. The molecule has 1 aliphatic heterocycles. The first kappa shape index (κ1) is 21.7. The smallest absolute Gasteiger partial charge is 0.233 e. The zero-order valence-corrected chi connectivity index (χ0v) is 18.6. The van der Waals surface area contributed by atoms with Gasteiger partial charge in [-0.3, -0.25) is 4.79 Å². The molecule has 1 fully saturated rings. The van der Waals surface area contributed by atoms with Gasteiger partial charge in [0.15, 0.2) is 5.78 Å². The summed E-state index contributed by atoms with van der Waals surface area (Å²) in [6.07, 6.45) is 0. The highest BCUT2D eigenvalue weighted by atomic mass is 16.5. The number of anilines is 5. The Morgan fingerprint density at radius 1 is 0.938 bits per heavy atom. The summed E-state index contributed by atoms with van der Waals surface area (Å²) in [5.74, 6) is 1.91. The predicted molar refractivity (Wildman–Crippen MR) is 126 cm³/mol. The van der Waals surface area contributed by atoms with E-state index in [1.54, 1.807) is 19.1 Å². The van der Waals surface area contributed by atoms with Crippen molar-refractivity contribution < 1.29 is 9.53 Å². The molecule has 8 nitrogen and oxygen atoms in total. The lowest BCUT2D eigenvalue weighted by atomic mass is 10.0. The van der Waals surface area contributed by atoms with Gasteiger partial charge in [0.05, 0.1) is 13.2 Å². The molecule has 0 atom stereocenters. The minimum absolute atomic E-state index is 0.00510. The van der Waals surface area contributed by atoms with Crippen LogP contribution in [0.3, 0.4) is 0 Å². The summed E-state index contributed by atoms with van der Waals surface area (Å²) < 4.78 is 5.46. The number of aromatic nitrogens is 3. The SMILES string of the molecule is CC(=O)c1cccc(Nc2nc(Nc3ccc(C(C)C)cc3)nc(N3CCOCC3)n2)c1. The van der Waals surface area contributed by atoms with Gasteiger partial charge in [-0.2, -0.15) is 15.0 Å². The first-order valence-corrected chi connectivity index (χ1v) is 10.8. The number of hydrogen-bond donors (Lipinski definition) is 2. The van der Waals surface area contributed by atoms with Gasteiger partial charge < -0.3 is 20.3 Å². The highest BCUT2D eigenvalue weighted by Gasteiger charge is 2.17. The molecule has 4 rings (SSSR count). The van der Waals surface area contributed by atoms with Gasteiger partial charge in [-0.15, -0.1) is 0 Å². The average Bonchev–Trinajstić information content (AvgIpc) is 2.80. The highest BCUT2D eigenvalue weighted by molar-refractivity contribution is 5.95. The lowest BCUT2D eigenvalue weighted by Crippen LogP contribution is -2.37. The van der Waals surface area contributed by atoms with Crippen LogP contribution in [-0.4, -0.2) is 47.0 Å². The molecule has 8 heteroatoms. The van der Waals surface area contributed by atoms with E-state index in [0.717, 1.165) is 11.4 Å². The molecule has 1 saturated heterocycles. The summed E-state index contributed by atoms with van der Waals surface area (Å²) in [7, 11) is 0. The van der Waals surface area contributed by atoms with E-state index in [1.807, 2.05) is 24.3 Å². The fourth-order valence-corrected chi connectivity index (χ4v) is 3.41. The molecule has 2 aromatic carbocycles. The molecule has 0 amide bonds. The van der Waals surface area contributed by atoms with Gasteiger partial charge in [0.2, 0.25) is 17.8 Å². The Morgan fingerprint density at radius 3 is 2.22 bits per heavy atom. The van der Waals surface area contributed by atoms with Crippen LogP contribution in [-0.2, 0) is 4.74 Å². The Hall–Kier alpha value is -3.52. The van der Waals surface area contributed by atoms with Crippen LogP contribution < -0.4 is 15.5 Å². The number of Topliss-reactive ketones (excluding diaryl/α,β-unsaturated/α-hetero) is 1. The van der Waals surface area contributed by atoms with Crippen molar-refractivity contribution in [2.75, 3.05) is 41.8 Å². The van der Waals surface area contributed by atoms with Gasteiger partial charge in [0, 0.05) is 30.0 Å². The second-order valence-corrected chi connectivity index (χ2v) is 8.05. The maximum Gasteiger partial charge on any atom is 0.233 e. The van der Waals surface area contributed by atoms with Crippen LogP contribution in [0.1, 0.15) is 42.6 Å². The van der Waals surface area contributed by atoms with Crippen LogP contribution in [0.4, 0.5) is 29.2 Å². The molecule has 2 heterocycles. The lowest BCUT2D eigenvalue weighted by molar-refractivity contribution is 0.101. The van der Waals surface area contributed by atoms with Crippen molar-refractivity contribution in [3.05, 3.63) is 59.7 Å². The van der Waals surface area contributed by atoms with E-state index in [2.05, 4.69) is 56.5 Å². The van der Waals surface area contributed by atoms with Crippen molar-refractivity contribution >= 4 is 35.0 Å². The molecule has 32 heavy (non-hydrogen) atoms. The number of morpholine rings is 1. The van der Waals surface area contributed by atoms with E-state index in [9.17, 15) is 4.79 Å². The number of nitrogens with one attached hydrogen (secondary N) is 2. The van der Waals surface area contributed by atoms with Gasteiger partial charge in [0.25, 0.3) is 0 Å². The standard InChI is InChI=1S/C24H28N6O2/c1-16(2)18-7-9-20(10-8-18)25-22-27-23(26-21-6-4-5-19(15-21)17(3)31)29-24(28-22)30-11-13-32-14-12-30/h4-10,15-16H,11-14H2,1-3H3,(H2,25,26,27,28,29). The van der Waals surface area contributed by atoms with E-state index in [0.29, 0.717) is 55.6 Å². The number of benzene rings is 2. The summed E-state index contributed by atoms with van der Waals surface area (Å²) in [4.78, 5) is 27.6. The molecule has 0 aliphatic carbocycles. The van der Waals surface area contributed by atoms with Crippen LogP contribution >= 0.6 is 0 Å². The van der Waals surface area contributed by atoms with Crippen molar-refractivity contribution in [1.29, 1.82) is 0 Å². The summed E-state index contributed by atoms with van der Waals surface area (Å²) in [5.41, 5.74) is 3.54. The molecule has 1 aromatic heterocycles. The van der Waals surface area contributed by atoms with E-state index >= 15 is 0 Å². The fraction of sp³-hybridized carbons (Fsp3) is 0.333. The Labute approximate surface area is 188 Å². The van der Waals surface area contributed by atoms with Crippen molar-refractivity contribution in [2.24, 2.45) is 0 Å². The van der Waals surface area contributed by atoms with E-state index in [-0.39, 0.29) is 5.78 Å². The molecule has 3 aromatic rings. The summed E-state index contributed by atoms with van der Waals surface area (Å²) >= 11 is 0. The maximum atomic E-state index is 11.7. The number of carbonyl (C=O) groups is 1. The van der Waals surface area contributed by atoms with Crippen LogP contribution in [0.5, 0.6) is 0 Å². The summed E-state index contributed by atoms with van der Waals surface area (Å²) in [5, 5.41) is 6.51. The number of rotatable bonds is 7. The van der Waals surface area contributed by atoms with Crippen molar-refractivity contribution in [3.8, 4) is 0 Å². The molecular weight excluding hydrogens is 404 g/mol. The van der Waals surface area contributed by atoms with Gasteiger partial charge >= 0.3 is 0 Å². The maximum absolute atomic E-state index is 11.7. The van der Waals surface area contributed by atoms with Crippen molar-refractivity contribution in [3.63, 3.8) is 0 Å². The second-order valence-electron chi connectivity index (χ2n) is 8.05. The van der Waals surface area contributed by atoms with Crippen molar-refractivity contribution in [1.82, 2.24) is 15.0 Å². The first-order chi connectivity index (χ1) is 15.5. The molecule has 0 bridgehead atoms. The highest BCUT2D eigenvalue weighted by Crippen LogP contribution is 2.23. The normalized spacial score (nSPS) is 13.8. The Bertz CT molecular complexity index is 1080. The van der Waals surface area contributed by atoms with Crippen molar-refractivity contribution in [2.45, 2.75) is 26.7 Å². The van der Waals surface area contributed by atoms with E-state index in [1.165, 1.54) is 5.56 Å². The number of hydrogen-bond acceptors (Lipinski definition) is 8. The van der Waals surface area contributed by atoms with Crippen LogP contribution in [0, 0.1) is 0 Å². The third-order valence-electron chi connectivity index (χ3n) is 5.28. The zero-order valence-electron chi connectivity index (χ0n) is 18.6. The Kier molecular flexibility index (Phi) is 6.61. The van der Waals surface area contributed by atoms with Gasteiger partial charge in [0.1, 0.15) is 0 Å². The Balaban J connectivity index is 1.63. The summed E-state index contributed by atoms with van der Waals surface area (Å²) in [6.45, 7) is 8.58. The third kappa shape index (κ3) is 5.39. The van der Waals surface area contributed by atoms with Crippen LogP contribution in [0.2, 0.25) is 0 Å². The third-order valence-corrected chi connectivity index (χ3v) is 5.28. The average molecular weight is 433 g/mol. The van der Waals surface area contributed by atoms with Crippen LogP contribution in [0.15, 0.2) is 48.5 Å². The van der Waals surface area contributed by atoms with Gasteiger partial charge in [-0.05, 0) is 42.7 Å². The molecular formula is C24H28N6O2. The molecule has 0 radical (unpaired) electrons. The van der Waals surface area contributed by atoms with Gasteiger partial charge in [-0.25, -0.2) is 0 Å². The van der Waals surface area contributed by atoms with Gasteiger partial charge in [-0.1, -0.05) is 38.1 Å². The number of ether oxygens (including phenoxy) is 1. The fourth-order valence-electron chi connectivity index (χ4n) is 3.41. The van der Waals surface area contributed by atoms with E-state index < -0.39 is 0 Å². The summed E-state index contributed by atoms with van der Waals surface area (Å²) in [6, 6.07) is 15.5. The molecule has 0 saturated carbocycles. The lowest BCUT2D eigenvalue weighted by Gasteiger charge is -2.27. The minimum atomic E-state index is 0.00510. The van der Waals surface area contributed by atoms with E-state index in [4.69, 9.17) is 4.74 Å². The Morgan fingerprint density at radius 2 is 1.59 bits per heavy atom. The molecule has 0 spiro atoms. The largest absolute Gasteiger partial charge is 0.378 e. The minimum Gasteiger partial charge on any atom is -0.378 e. The quantitative estimate of drug-likeness (QED) is 0.527. The number of carbonyl (C=O) groups excluding carboxylic acids is 1. The van der Waals surface area contributed by atoms with Crippen LogP contribution in [0.25, 0.3) is 0 Å². The monoisotopic (exact) mass is 432 g/mol. The first-order valence-electron chi connectivity index (χ1n) is 10.8. The number of ketones is 1. The number of nitrogens with zero attached hydrogens (tertiary/aromatic N) is 4.